The summed E-state index contributed by atoms with van der Waals surface area (Å²) in [6, 6.07) is 8.81. The Morgan fingerprint density at radius 3 is 2.84 bits per heavy atom. The molecule has 3 heteroatoms. The van der Waals surface area contributed by atoms with Crippen molar-refractivity contribution in [2.75, 3.05) is 24.6 Å². The number of thioether (sulfide) groups is 1. The average Bonchev–Trinajstić information content (AvgIpc) is 2.49. The Kier molecular flexibility index (Phi) is 4.67. The second-order valence-corrected chi connectivity index (χ2v) is 6.70. The molecule has 1 atom stereocenters. The van der Waals surface area contributed by atoms with Crippen molar-refractivity contribution in [2.45, 2.75) is 37.7 Å². The maximum atomic E-state index is 6.15. The highest BCUT2D eigenvalue weighted by Gasteiger charge is 2.18. The molecule has 104 valence electrons. The Bertz CT molecular complexity index is 397. The zero-order chi connectivity index (χ0) is 12.9. The smallest absolute Gasteiger partial charge is 0.120 e. The van der Waals surface area contributed by atoms with Crippen LogP contribution in [0.25, 0.3) is 0 Å². The molecule has 0 amide bonds. The lowest BCUT2D eigenvalue weighted by molar-refractivity contribution is 0.211. The minimum absolute atomic E-state index is 0.419. The fourth-order valence-corrected chi connectivity index (χ4v) is 4.03. The van der Waals surface area contributed by atoms with Crippen molar-refractivity contribution in [3.63, 3.8) is 0 Å². The lowest BCUT2D eigenvalue weighted by atomic mass is 9.90. The van der Waals surface area contributed by atoms with Gasteiger partial charge in [-0.1, -0.05) is 12.1 Å². The fraction of sp³-hybridized carbons (Fsp3) is 0.625. The molecule has 2 aliphatic heterocycles. The van der Waals surface area contributed by atoms with Crippen molar-refractivity contribution in [1.82, 2.24) is 5.32 Å². The molecule has 2 saturated heterocycles. The van der Waals surface area contributed by atoms with E-state index >= 15 is 0 Å². The van der Waals surface area contributed by atoms with Crippen molar-refractivity contribution in [2.24, 2.45) is 0 Å². The Morgan fingerprint density at radius 2 is 2.05 bits per heavy atom. The van der Waals surface area contributed by atoms with Crippen molar-refractivity contribution >= 4 is 11.8 Å². The molecular formula is C16H23NOS. The summed E-state index contributed by atoms with van der Waals surface area (Å²) in [5, 5.41) is 3.43. The van der Waals surface area contributed by atoms with Crippen LogP contribution in [0.4, 0.5) is 0 Å². The van der Waals surface area contributed by atoms with Gasteiger partial charge in [0.15, 0.2) is 0 Å². The number of hydrogen-bond donors (Lipinski definition) is 1. The van der Waals surface area contributed by atoms with E-state index < -0.39 is 0 Å². The number of nitrogens with one attached hydrogen (secondary N) is 1. The number of piperidine rings is 1. The van der Waals surface area contributed by atoms with Crippen LogP contribution in [-0.2, 0) is 0 Å². The zero-order valence-corrected chi connectivity index (χ0v) is 12.3. The summed E-state index contributed by atoms with van der Waals surface area (Å²) in [6.07, 6.45) is 5.43. The Morgan fingerprint density at radius 1 is 1.16 bits per heavy atom. The molecule has 0 bridgehead atoms. The number of ether oxygens (including phenoxy) is 1. The van der Waals surface area contributed by atoms with E-state index in [4.69, 9.17) is 4.74 Å². The van der Waals surface area contributed by atoms with Crippen molar-refractivity contribution in [3.8, 4) is 5.75 Å². The van der Waals surface area contributed by atoms with Crippen LogP contribution in [0.1, 0.15) is 37.2 Å². The number of rotatable bonds is 3. The molecule has 0 aliphatic carbocycles. The van der Waals surface area contributed by atoms with E-state index in [0.717, 1.165) is 24.6 Å². The Labute approximate surface area is 120 Å². The number of hydrogen-bond acceptors (Lipinski definition) is 3. The molecule has 1 N–H and O–H groups in total. The van der Waals surface area contributed by atoms with Gasteiger partial charge in [0.05, 0.1) is 0 Å². The summed E-state index contributed by atoms with van der Waals surface area (Å²) in [7, 11) is 0. The monoisotopic (exact) mass is 277 g/mol. The highest BCUT2D eigenvalue weighted by molar-refractivity contribution is 7.99. The van der Waals surface area contributed by atoms with Crippen LogP contribution in [0.5, 0.6) is 5.75 Å². The normalized spacial score (nSPS) is 25.2. The van der Waals surface area contributed by atoms with Gasteiger partial charge in [-0.2, -0.15) is 11.8 Å². The first-order chi connectivity index (χ1) is 9.42. The van der Waals surface area contributed by atoms with Gasteiger partial charge in [-0.05, 0) is 68.1 Å². The van der Waals surface area contributed by atoms with Crippen LogP contribution in [0, 0.1) is 0 Å². The zero-order valence-electron chi connectivity index (χ0n) is 11.4. The summed E-state index contributed by atoms with van der Waals surface area (Å²) in [5.41, 5.74) is 1.46. The average molecular weight is 277 g/mol. The molecule has 1 aromatic rings. The van der Waals surface area contributed by atoms with Gasteiger partial charge < -0.3 is 10.1 Å². The second kappa shape index (κ2) is 6.67. The van der Waals surface area contributed by atoms with Crippen molar-refractivity contribution in [3.05, 3.63) is 29.8 Å². The van der Waals surface area contributed by atoms with Crippen molar-refractivity contribution < 1.29 is 4.74 Å². The molecule has 1 unspecified atom stereocenters. The van der Waals surface area contributed by atoms with Crippen LogP contribution < -0.4 is 10.1 Å². The highest BCUT2D eigenvalue weighted by Crippen LogP contribution is 2.29. The predicted octanol–water partition coefficient (Wildman–Crippen LogP) is 3.43. The Balaban J connectivity index is 1.64. The van der Waals surface area contributed by atoms with Gasteiger partial charge in [0, 0.05) is 5.75 Å². The molecule has 2 aliphatic rings. The SMILES string of the molecule is c1cc(OC2CCCSC2)cc(C2CCNCC2)c1. The van der Waals surface area contributed by atoms with Crippen LogP contribution in [0.15, 0.2) is 24.3 Å². The fourth-order valence-electron chi connectivity index (χ4n) is 2.99. The van der Waals surface area contributed by atoms with Crippen LogP contribution >= 0.6 is 11.8 Å². The highest BCUT2D eigenvalue weighted by atomic mass is 32.2. The molecule has 1 aromatic carbocycles. The van der Waals surface area contributed by atoms with Gasteiger partial charge in [0.1, 0.15) is 11.9 Å². The molecule has 0 saturated carbocycles. The topological polar surface area (TPSA) is 21.3 Å². The molecule has 0 aromatic heterocycles. The third-order valence-corrected chi connectivity index (χ3v) is 5.27. The van der Waals surface area contributed by atoms with Crippen molar-refractivity contribution in [1.29, 1.82) is 0 Å². The molecule has 2 fully saturated rings. The van der Waals surface area contributed by atoms with E-state index in [1.165, 1.54) is 37.0 Å². The quantitative estimate of drug-likeness (QED) is 0.914. The van der Waals surface area contributed by atoms with Crippen LogP contribution in [0.3, 0.4) is 0 Å². The lowest BCUT2D eigenvalue weighted by Gasteiger charge is -2.25. The van der Waals surface area contributed by atoms with E-state index in [-0.39, 0.29) is 0 Å². The van der Waals surface area contributed by atoms with E-state index in [9.17, 15) is 0 Å². The van der Waals surface area contributed by atoms with Gasteiger partial charge in [-0.3, -0.25) is 0 Å². The van der Waals surface area contributed by atoms with Gasteiger partial charge in [0.2, 0.25) is 0 Å². The molecule has 2 nitrogen and oxygen atoms in total. The first-order valence-electron chi connectivity index (χ1n) is 7.47. The standard InChI is InChI=1S/C16H23NOS/c1-3-14(13-6-8-17-9-7-13)11-15(4-1)18-16-5-2-10-19-12-16/h1,3-4,11,13,16-17H,2,5-10,12H2. The van der Waals surface area contributed by atoms with Gasteiger partial charge in [-0.15, -0.1) is 0 Å². The molecule has 2 heterocycles. The van der Waals surface area contributed by atoms with Crippen LogP contribution in [-0.4, -0.2) is 30.7 Å². The van der Waals surface area contributed by atoms with Gasteiger partial charge in [0.25, 0.3) is 0 Å². The van der Waals surface area contributed by atoms with E-state index in [1.807, 2.05) is 11.8 Å². The molecule has 19 heavy (non-hydrogen) atoms. The van der Waals surface area contributed by atoms with Crippen LogP contribution in [0.2, 0.25) is 0 Å². The minimum atomic E-state index is 0.419. The molecule has 3 rings (SSSR count). The first-order valence-corrected chi connectivity index (χ1v) is 8.62. The largest absolute Gasteiger partial charge is 0.490 e. The molecular weight excluding hydrogens is 254 g/mol. The van der Waals surface area contributed by atoms with Gasteiger partial charge in [-0.25, -0.2) is 0 Å². The minimum Gasteiger partial charge on any atom is -0.490 e. The third-order valence-electron chi connectivity index (χ3n) is 4.09. The summed E-state index contributed by atoms with van der Waals surface area (Å²) >= 11 is 2.02. The summed E-state index contributed by atoms with van der Waals surface area (Å²) < 4.78 is 6.15. The Hall–Kier alpha value is -0.670. The maximum absolute atomic E-state index is 6.15. The first kappa shape index (κ1) is 13.3. The van der Waals surface area contributed by atoms with E-state index in [1.54, 1.807) is 0 Å². The third kappa shape index (κ3) is 3.67. The molecule has 0 radical (unpaired) electrons. The molecule has 0 spiro atoms. The summed E-state index contributed by atoms with van der Waals surface area (Å²) in [4.78, 5) is 0. The van der Waals surface area contributed by atoms with E-state index in [2.05, 4.69) is 29.6 Å². The second-order valence-electron chi connectivity index (χ2n) is 5.55. The maximum Gasteiger partial charge on any atom is 0.120 e. The van der Waals surface area contributed by atoms with Gasteiger partial charge >= 0.3 is 0 Å². The predicted molar refractivity (Wildman–Crippen MR) is 82.3 cm³/mol. The summed E-state index contributed by atoms with van der Waals surface area (Å²) in [6.45, 7) is 2.30. The lowest BCUT2D eigenvalue weighted by Crippen LogP contribution is -2.26. The number of benzene rings is 1. The summed E-state index contributed by atoms with van der Waals surface area (Å²) in [5.74, 6) is 4.24. The van der Waals surface area contributed by atoms with E-state index in [0.29, 0.717) is 12.0 Å².